The van der Waals surface area contributed by atoms with Crippen LogP contribution in [0.1, 0.15) is 37.3 Å². The minimum Gasteiger partial charge on any atom is -0.508 e. The second-order valence-corrected chi connectivity index (χ2v) is 5.15. The van der Waals surface area contributed by atoms with Crippen LogP contribution in [0.25, 0.3) is 0 Å². The normalized spacial score (nSPS) is 12.6. The number of aromatic hydroxyl groups is 1. The Morgan fingerprint density at radius 1 is 0.889 bits per heavy atom. The minimum absolute atomic E-state index is 0.271. The molecule has 0 amide bonds. The lowest BCUT2D eigenvalue weighted by Crippen LogP contribution is -2.05. The smallest absolute Gasteiger partial charge is 0.119 e. The monoisotopic (exact) mass is 240 g/mol. The molecule has 94 valence electrons. The molecule has 0 unspecified atom stereocenters. The Morgan fingerprint density at radius 2 is 1.50 bits per heavy atom. The maximum absolute atomic E-state index is 10.1. The Balaban J connectivity index is 2.41. The molecule has 0 heterocycles. The zero-order valence-corrected chi connectivity index (χ0v) is 11.0. The van der Waals surface area contributed by atoms with E-state index in [9.17, 15) is 5.11 Å². The summed E-state index contributed by atoms with van der Waals surface area (Å²) in [5.74, 6) is 1.26. The van der Waals surface area contributed by atoms with Crippen molar-refractivity contribution in [3.05, 3.63) is 65.7 Å². The summed E-state index contributed by atoms with van der Waals surface area (Å²) < 4.78 is 0. The summed E-state index contributed by atoms with van der Waals surface area (Å²) in [5.41, 5.74) is 2.30. The maximum atomic E-state index is 10.1. The molecule has 18 heavy (non-hydrogen) atoms. The summed E-state index contributed by atoms with van der Waals surface area (Å²) in [7, 11) is 0. The fourth-order valence-corrected chi connectivity index (χ4v) is 2.38. The van der Waals surface area contributed by atoms with Gasteiger partial charge in [-0.05, 0) is 24.0 Å². The fourth-order valence-electron chi connectivity index (χ4n) is 2.38. The Labute approximate surface area is 109 Å². The van der Waals surface area contributed by atoms with Gasteiger partial charge in [0.05, 0.1) is 0 Å². The number of rotatable bonds is 4. The van der Waals surface area contributed by atoms with Crippen molar-refractivity contribution in [2.24, 2.45) is 5.92 Å². The summed E-state index contributed by atoms with van der Waals surface area (Å²) in [6, 6.07) is 18.1. The van der Waals surface area contributed by atoms with E-state index in [1.807, 2.05) is 24.3 Å². The van der Waals surface area contributed by atoms with Crippen molar-refractivity contribution in [3.63, 3.8) is 0 Å². The predicted molar refractivity (Wildman–Crippen MR) is 75.8 cm³/mol. The molecule has 2 rings (SSSR count). The van der Waals surface area contributed by atoms with Crippen LogP contribution in [0.5, 0.6) is 5.75 Å². The van der Waals surface area contributed by atoms with Gasteiger partial charge in [0.25, 0.3) is 0 Å². The van der Waals surface area contributed by atoms with Gasteiger partial charge >= 0.3 is 0 Å². The first-order valence-electron chi connectivity index (χ1n) is 6.51. The van der Waals surface area contributed by atoms with Crippen LogP contribution in [0, 0.1) is 5.92 Å². The van der Waals surface area contributed by atoms with Crippen molar-refractivity contribution in [2.45, 2.75) is 26.2 Å². The highest BCUT2D eigenvalue weighted by Gasteiger charge is 2.18. The van der Waals surface area contributed by atoms with Crippen LogP contribution in [0.4, 0.5) is 0 Å². The molecule has 0 saturated carbocycles. The minimum atomic E-state index is 0.271. The molecule has 1 atom stereocenters. The van der Waals surface area contributed by atoms with Gasteiger partial charge in [-0.1, -0.05) is 62.4 Å². The maximum Gasteiger partial charge on any atom is 0.119 e. The van der Waals surface area contributed by atoms with E-state index in [4.69, 9.17) is 0 Å². The lowest BCUT2D eigenvalue weighted by Gasteiger charge is -2.21. The van der Waals surface area contributed by atoms with E-state index in [1.165, 1.54) is 5.56 Å². The highest BCUT2D eigenvalue weighted by atomic mass is 16.3. The van der Waals surface area contributed by atoms with Gasteiger partial charge in [0, 0.05) is 11.5 Å². The Hall–Kier alpha value is -1.76. The van der Waals surface area contributed by atoms with Crippen LogP contribution >= 0.6 is 0 Å². The van der Waals surface area contributed by atoms with Crippen molar-refractivity contribution in [1.82, 2.24) is 0 Å². The van der Waals surface area contributed by atoms with Crippen LogP contribution < -0.4 is 0 Å². The van der Waals surface area contributed by atoms with Gasteiger partial charge in [-0.15, -0.1) is 0 Å². The molecule has 2 aromatic carbocycles. The fraction of sp³-hybridized carbons (Fsp3) is 0.294. The van der Waals surface area contributed by atoms with Gasteiger partial charge in [0.15, 0.2) is 0 Å². The lowest BCUT2D eigenvalue weighted by atomic mass is 9.84. The number of hydrogen-bond donors (Lipinski definition) is 1. The predicted octanol–water partition coefficient (Wildman–Crippen LogP) is 4.57. The zero-order chi connectivity index (χ0) is 13.0. The standard InChI is InChI=1S/C17H20O/c1-13(2)12-16(14-8-4-3-5-9-14)15-10-6-7-11-17(15)18/h3-11,13,16,18H,12H2,1-2H3/t16-/m0/s1. The number of phenolic OH excluding ortho intramolecular Hbond substituents is 1. The first-order valence-corrected chi connectivity index (χ1v) is 6.51. The number of benzene rings is 2. The molecule has 1 N–H and O–H groups in total. The van der Waals surface area contributed by atoms with E-state index >= 15 is 0 Å². The number of para-hydroxylation sites is 1. The Bertz CT molecular complexity index is 488. The molecule has 0 aliphatic rings. The molecular formula is C17H20O. The Kier molecular flexibility index (Phi) is 4.03. The number of hydrogen-bond acceptors (Lipinski definition) is 1. The van der Waals surface area contributed by atoms with E-state index in [0.29, 0.717) is 11.7 Å². The van der Waals surface area contributed by atoms with E-state index < -0.39 is 0 Å². The largest absolute Gasteiger partial charge is 0.508 e. The molecule has 0 aromatic heterocycles. The third kappa shape index (κ3) is 2.92. The summed E-state index contributed by atoms with van der Waals surface area (Å²) in [6.45, 7) is 4.44. The van der Waals surface area contributed by atoms with Gasteiger partial charge in [-0.3, -0.25) is 0 Å². The van der Waals surface area contributed by atoms with Gasteiger partial charge in [-0.2, -0.15) is 0 Å². The van der Waals surface area contributed by atoms with Gasteiger partial charge < -0.3 is 5.11 Å². The van der Waals surface area contributed by atoms with Crippen LogP contribution in [-0.4, -0.2) is 5.11 Å². The summed E-state index contributed by atoms with van der Waals surface area (Å²) in [4.78, 5) is 0. The molecule has 0 radical (unpaired) electrons. The van der Waals surface area contributed by atoms with Gasteiger partial charge in [-0.25, -0.2) is 0 Å². The highest BCUT2D eigenvalue weighted by molar-refractivity contribution is 5.41. The molecule has 1 heteroatoms. The molecule has 0 aliphatic carbocycles. The first kappa shape index (κ1) is 12.7. The average Bonchev–Trinajstić information content (AvgIpc) is 2.38. The number of phenols is 1. The van der Waals surface area contributed by atoms with E-state index in [-0.39, 0.29) is 5.92 Å². The zero-order valence-electron chi connectivity index (χ0n) is 11.0. The second kappa shape index (κ2) is 5.72. The molecule has 0 bridgehead atoms. The molecular weight excluding hydrogens is 220 g/mol. The van der Waals surface area contributed by atoms with Crippen molar-refractivity contribution in [1.29, 1.82) is 0 Å². The summed E-state index contributed by atoms with van der Waals surface area (Å²) in [6.07, 6.45) is 1.04. The molecule has 1 nitrogen and oxygen atoms in total. The average molecular weight is 240 g/mol. The van der Waals surface area contributed by atoms with Gasteiger partial charge in [0.2, 0.25) is 0 Å². The first-order chi connectivity index (χ1) is 8.68. The molecule has 2 aromatic rings. The van der Waals surface area contributed by atoms with Crippen LogP contribution in [0.2, 0.25) is 0 Å². The quantitative estimate of drug-likeness (QED) is 0.830. The molecule has 0 aliphatic heterocycles. The lowest BCUT2D eigenvalue weighted by molar-refractivity contribution is 0.455. The van der Waals surface area contributed by atoms with E-state index in [2.05, 4.69) is 38.1 Å². The second-order valence-electron chi connectivity index (χ2n) is 5.15. The van der Waals surface area contributed by atoms with Crippen molar-refractivity contribution in [3.8, 4) is 5.75 Å². The van der Waals surface area contributed by atoms with E-state index in [1.54, 1.807) is 6.07 Å². The highest BCUT2D eigenvalue weighted by Crippen LogP contribution is 2.35. The van der Waals surface area contributed by atoms with Crippen LogP contribution in [0.15, 0.2) is 54.6 Å². The summed E-state index contributed by atoms with van der Waals surface area (Å²) in [5, 5.41) is 10.1. The topological polar surface area (TPSA) is 20.2 Å². The van der Waals surface area contributed by atoms with Crippen LogP contribution in [-0.2, 0) is 0 Å². The third-order valence-corrected chi connectivity index (χ3v) is 3.22. The SMILES string of the molecule is CC(C)C[C@@H](c1ccccc1)c1ccccc1O. The summed E-state index contributed by atoms with van der Waals surface area (Å²) >= 11 is 0. The molecule has 0 fully saturated rings. The van der Waals surface area contributed by atoms with Crippen LogP contribution in [0.3, 0.4) is 0 Å². The Morgan fingerprint density at radius 3 is 2.11 bits per heavy atom. The van der Waals surface area contributed by atoms with Crippen molar-refractivity contribution in [2.75, 3.05) is 0 Å². The van der Waals surface area contributed by atoms with Crippen molar-refractivity contribution >= 4 is 0 Å². The van der Waals surface area contributed by atoms with Crippen molar-refractivity contribution < 1.29 is 5.11 Å². The third-order valence-electron chi connectivity index (χ3n) is 3.22. The molecule has 0 saturated heterocycles. The van der Waals surface area contributed by atoms with Gasteiger partial charge in [0.1, 0.15) is 5.75 Å². The van der Waals surface area contributed by atoms with E-state index in [0.717, 1.165) is 12.0 Å². The molecule has 0 spiro atoms.